The van der Waals surface area contributed by atoms with Crippen LogP contribution in [0.25, 0.3) is 0 Å². The van der Waals surface area contributed by atoms with Crippen molar-refractivity contribution >= 4 is 45.5 Å². The summed E-state index contributed by atoms with van der Waals surface area (Å²) in [5, 5.41) is 0. The second-order valence-electron chi connectivity index (χ2n) is 0. The quantitative estimate of drug-likeness (QED) is 0.441. The first-order valence-corrected chi connectivity index (χ1v) is 0.636. The first kappa shape index (κ1) is 22.8. The van der Waals surface area contributed by atoms with E-state index in [1.54, 1.807) is 15.9 Å². The van der Waals surface area contributed by atoms with Crippen molar-refractivity contribution in [1.82, 2.24) is 0 Å². The topological polar surface area (TPSA) is 17.1 Å². The molecular weight excluding hydrogens is 438 g/mol. The van der Waals surface area contributed by atoms with Gasteiger partial charge in [-0.15, -0.1) is 0 Å². The molecule has 1 radical (unpaired) electrons. The van der Waals surface area contributed by atoms with Gasteiger partial charge >= 0.3 is 65.3 Å². The summed E-state index contributed by atoms with van der Waals surface area (Å²) < 4.78 is 8.06. The van der Waals surface area contributed by atoms with Crippen LogP contribution in [0.2, 0.25) is 0 Å². The Balaban J connectivity index is -0.00000000167. The van der Waals surface area contributed by atoms with E-state index in [2.05, 4.69) is 0 Å². The van der Waals surface area contributed by atoms with Crippen molar-refractivity contribution in [2.24, 2.45) is 0 Å². The molecule has 0 unspecified atom stereocenters. The Morgan fingerprint density at radius 3 is 1.20 bits per heavy atom. The average molecular weight is 440 g/mol. The van der Waals surface area contributed by atoms with Gasteiger partial charge in [0, 0.05) is 77.3 Å². The van der Waals surface area contributed by atoms with Crippen molar-refractivity contribution in [2.75, 3.05) is 0 Å². The van der Waals surface area contributed by atoms with Crippen molar-refractivity contribution in [3.8, 4) is 0 Å². The van der Waals surface area contributed by atoms with E-state index in [0.29, 0.717) is 0 Å². The Labute approximate surface area is 138 Å². The summed E-state index contributed by atoms with van der Waals surface area (Å²) in [4.78, 5) is 0. The van der Waals surface area contributed by atoms with E-state index in [4.69, 9.17) is 3.83 Å². The molecule has 5 heteroatoms. The van der Waals surface area contributed by atoms with Crippen LogP contribution in [-0.4, -0.2) is 45.5 Å². The van der Waals surface area contributed by atoms with Crippen LogP contribution in [0.4, 0.5) is 0 Å². The summed E-state index contributed by atoms with van der Waals surface area (Å²) in [6.07, 6.45) is 0. The van der Waals surface area contributed by atoms with Crippen LogP contribution in [0.5, 0.6) is 0 Å². The van der Waals surface area contributed by atoms with Crippen molar-refractivity contribution in [2.45, 2.75) is 0 Å². The van der Waals surface area contributed by atoms with Gasteiger partial charge in [0.2, 0.25) is 0 Å². The fourth-order valence-electron chi connectivity index (χ4n) is 0. The molecule has 0 N–H and O–H groups in total. The van der Waals surface area contributed by atoms with Crippen molar-refractivity contribution in [3.05, 3.63) is 0 Å². The van der Waals surface area contributed by atoms with E-state index < -0.39 is 0 Å². The molecule has 0 aliphatic carbocycles. The van der Waals surface area contributed by atoms with Gasteiger partial charge in [0.15, 0.2) is 0 Å². The monoisotopic (exact) mass is 440 g/mol. The van der Waals surface area contributed by atoms with Crippen LogP contribution in [0.3, 0.4) is 0 Å². The van der Waals surface area contributed by atoms with E-state index >= 15 is 0 Å². The van der Waals surface area contributed by atoms with Gasteiger partial charge in [0.05, 0.1) is 0 Å². The second-order valence-corrected chi connectivity index (χ2v) is 0. The molecular formula is H2CeLaMnOSr. The molecule has 1 nitrogen and oxygen atoms in total. The third-order valence-corrected chi connectivity index (χ3v) is 0. The SMILES string of the molecule is [Ce].[La].[O]=[Mn].[SrH2]. The normalized spacial score (nSPS) is 0.800. The summed E-state index contributed by atoms with van der Waals surface area (Å²) >= 11 is 1.69. The molecule has 0 aromatic carbocycles. The predicted octanol–water partition coefficient (Wildman–Crippen LogP) is -1.04. The first-order chi connectivity index (χ1) is 1.00. The molecule has 0 aliphatic heterocycles. The Morgan fingerprint density at radius 1 is 1.20 bits per heavy atom. The van der Waals surface area contributed by atoms with Crippen LogP contribution in [-0.2, 0) is 19.8 Å². The standard InChI is InChI=1S/Ce.La.Mn.O.Sr.2H. The summed E-state index contributed by atoms with van der Waals surface area (Å²) in [6.45, 7) is 0. The van der Waals surface area contributed by atoms with Crippen molar-refractivity contribution < 1.29 is 97.1 Å². The molecule has 0 aromatic rings. The van der Waals surface area contributed by atoms with Crippen molar-refractivity contribution in [3.63, 3.8) is 0 Å². The summed E-state index contributed by atoms with van der Waals surface area (Å²) in [5.41, 5.74) is 0. The Hall–Kier alpha value is 4.37. The van der Waals surface area contributed by atoms with E-state index in [0.717, 1.165) is 0 Å². The molecule has 0 saturated heterocycles. The molecule has 0 saturated carbocycles. The first-order valence-electron chi connectivity index (χ1n) is 0.154. The van der Waals surface area contributed by atoms with Gasteiger partial charge in [-0.05, 0) is 0 Å². The third-order valence-electron chi connectivity index (χ3n) is 0. The maximum absolute atomic E-state index is 8.06. The zero-order valence-electron chi connectivity index (χ0n) is 1.86. The van der Waals surface area contributed by atoms with Gasteiger partial charge in [-0.3, -0.25) is 0 Å². The van der Waals surface area contributed by atoms with E-state index in [1.165, 1.54) is 0 Å². The fraction of sp³-hybridized carbons (Fsp3) is 0. The zero-order valence-corrected chi connectivity index (χ0v) is 9.81. The molecule has 0 aliphatic rings. The summed E-state index contributed by atoms with van der Waals surface area (Å²) in [5.74, 6) is 0. The van der Waals surface area contributed by atoms with Crippen molar-refractivity contribution in [1.29, 1.82) is 0 Å². The molecule has 24 valence electrons. The number of hydrogen-bond acceptors (Lipinski definition) is 1. The van der Waals surface area contributed by atoms with Gasteiger partial charge in [0.25, 0.3) is 0 Å². The van der Waals surface area contributed by atoms with Gasteiger partial charge in [-0.2, -0.15) is 0 Å². The molecule has 0 fully saturated rings. The molecule has 0 atom stereocenters. The van der Waals surface area contributed by atoms with Crippen LogP contribution in [0.15, 0.2) is 0 Å². The third kappa shape index (κ3) is 17.8. The number of hydrogen-bond donors (Lipinski definition) is 0. The average Bonchev–Trinajstić information content (AvgIpc) is 1.00. The molecule has 0 heterocycles. The van der Waals surface area contributed by atoms with E-state index in [9.17, 15) is 0 Å². The van der Waals surface area contributed by atoms with Crippen LogP contribution in [0, 0.1) is 77.3 Å². The fourth-order valence-corrected chi connectivity index (χ4v) is 0. The van der Waals surface area contributed by atoms with E-state index in [1.807, 2.05) is 0 Å². The second kappa shape index (κ2) is 23.8. The zero-order chi connectivity index (χ0) is 2.00. The number of rotatable bonds is 0. The van der Waals surface area contributed by atoms with Gasteiger partial charge in [-0.25, -0.2) is 0 Å². The Kier molecular flexibility index (Phi) is 108. The molecule has 0 spiro atoms. The summed E-state index contributed by atoms with van der Waals surface area (Å²) in [7, 11) is 0. The Bertz CT molecular complexity index is 11.6. The molecule has 0 amide bonds. The summed E-state index contributed by atoms with van der Waals surface area (Å²) in [6, 6.07) is 0. The maximum atomic E-state index is 8.06. The molecule has 0 rings (SSSR count). The Morgan fingerprint density at radius 2 is 1.20 bits per heavy atom. The van der Waals surface area contributed by atoms with E-state index in [-0.39, 0.29) is 123 Å². The van der Waals surface area contributed by atoms with Crippen LogP contribution in [0.1, 0.15) is 0 Å². The van der Waals surface area contributed by atoms with Gasteiger partial charge < -0.3 is 0 Å². The van der Waals surface area contributed by atoms with Crippen LogP contribution >= 0.6 is 0 Å². The molecule has 0 aromatic heterocycles. The van der Waals surface area contributed by atoms with Gasteiger partial charge in [0.1, 0.15) is 0 Å². The van der Waals surface area contributed by atoms with Crippen LogP contribution < -0.4 is 0 Å². The predicted molar refractivity (Wildman–Crippen MR) is 9.23 cm³/mol. The molecule has 5 heavy (non-hydrogen) atoms. The van der Waals surface area contributed by atoms with Gasteiger partial charge in [-0.1, -0.05) is 0 Å². The minimum absolute atomic E-state index is 0. The minimum atomic E-state index is 0. The molecule has 0 bridgehead atoms.